The van der Waals surface area contributed by atoms with Crippen LogP contribution in [-0.4, -0.2) is 36.6 Å². The van der Waals surface area contributed by atoms with Crippen LogP contribution in [0.25, 0.3) is 0 Å². The van der Waals surface area contributed by atoms with Gasteiger partial charge >= 0.3 is 0 Å². The number of nitrogens with one attached hydrogen (secondary N) is 1. The summed E-state index contributed by atoms with van der Waals surface area (Å²) in [7, 11) is 3.25. The second-order valence-corrected chi connectivity index (χ2v) is 6.10. The molecular weight excluding hydrogens is 348 g/mol. The minimum atomic E-state index is 0.00568. The molecule has 1 N–H and O–H groups in total. The third kappa shape index (κ3) is 2.70. The van der Waals surface area contributed by atoms with Gasteiger partial charge in [-0.15, -0.1) is 0 Å². The van der Waals surface area contributed by atoms with Crippen molar-refractivity contribution in [1.82, 2.24) is 9.88 Å². The van der Waals surface area contributed by atoms with Crippen molar-refractivity contribution in [2.45, 2.75) is 13.0 Å². The Hall–Kier alpha value is -1.95. The molecule has 0 radical (unpaired) electrons. The SMILES string of the molecule is COc1cc2c(cc1OC)CN(C(=O)c1cc(Br)c[nH]1)CC2. The first-order valence-electron chi connectivity index (χ1n) is 6.99. The summed E-state index contributed by atoms with van der Waals surface area (Å²) in [6, 6.07) is 5.76. The van der Waals surface area contributed by atoms with Crippen molar-refractivity contribution in [2.24, 2.45) is 0 Å². The highest BCUT2D eigenvalue weighted by Crippen LogP contribution is 2.33. The number of H-pyrrole nitrogens is 1. The summed E-state index contributed by atoms with van der Waals surface area (Å²) in [5.74, 6) is 1.43. The van der Waals surface area contributed by atoms with E-state index in [4.69, 9.17) is 9.47 Å². The summed E-state index contributed by atoms with van der Waals surface area (Å²) in [5.41, 5.74) is 2.90. The largest absolute Gasteiger partial charge is 0.493 e. The predicted molar refractivity (Wildman–Crippen MR) is 86.5 cm³/mol. The number of nitrogens with zero attached hydrogens (tertiary/aromatic N) is 1. The van der Waals surface area contributed by atoms with Gasteiger partial charge in [-0.3, -0.25) is 4.79 Å². The van der Waals surface area contributed by atoms with Gasteiger partial charge in [-0.05, 0) is 51.7 Å². The summed E-state index contributed by atoms with van der Waals surface area (Å²) in [6.45, 7) is 1.27. The van der Waals surface area contributed by atoms with Crippen LogP contribution in [0.5, 0.6) is 11.5 Å². The highest BCUT2D eigenvalue weighted by Gasteiger charge is 2.24. The number of aromatic nitrogens is 1. The lowest BCUT2D eigenvalue weighted by atomic mass is 9.98. The van der Waals surface area contributed by atoms with Gasteiger partial charge in [0.15, 0.2) is 11.5 Å². The third-order valence-corrected chi connectivity index (χ3v) is 4.34. The molecule has 0 aliphatic carbocycles. The molecular formula is C16H17BrN2O3. The van der Waals surface area contributed by atoms with Gasteiger partial charge in [-0.1, -0.05) is 0 Å². The van der Waals surface area contributed by atoms with Gasteiger partial charge in [0, 0.05) is 23.8 Å². The van der Waals surface area contributed by atoms with Crippen LogP contribution in [-0.2, 0) is 13.0 Å². The molecule has 2 aromatic rings. The molecule has 1 aromatic carbocycles. The standard InChI is InChI=1S/C16H17BrN2O3/c1-21-14-5-10-3-4-19(9-11(10)6-15(14)22-2)16(20)13-7-12(17)8-18-13/h5-8,18H,3-4,9H2,1-2H3. The number of carbonyl (C=O) groups excluding carboxylic acids is 1. The van der Waals surface area contributed by atoms with Gasteiger partial charge in [0.25, 0.3) is 5.91 Å². The van der Waals surface area contributed by atoms with Gasteiger partial charge in [0.05, 0.1) is 14.2 Å². The molecule has 0 saturated heterocycles. The van der Waals surface area contributed by atoms with Crippen LogP contribution >= 0.6 is 15.9 Å². The summed E-state index contributed by atoms with van der Waals surface area (Å²) in [5, 5.41) is 0. The normalized spacial score (nSPS) is 13.7. The van der Waals surface area contributed by atoms with Crippen LogP contribution in [0, 0.1) is 0 Å². The zero-order valence-corrected chi connectivity index (χ0v) is 14.1. The van der Waals surface area contributed by atoms with Crippen LogP contribution in [0.1, 0.15) is 21.6 Å². The molecule has 3 rings (SSSR count). The molecule has 6 heteroatoms. The number of amides is 1. The monoisotopic (exact) mass is 364 g/mol. The molecule has 0 fully saturated rings. The minimum absolute atomic E-state index is 0.00568. The molecule has 0 bridgehead atoms. The lowest BCUT2D eigenvalue weighted by molar-refractivity contribution is 0.0729. The van der Waals surface area contributed by atoms with Crippen LogP contribution < -0.4 is 9.47 Å². The van der Waals surface area contributed by atoms with E-state index in [0.29, 0.717) is 24.5 Å². The van der Waals surface area contributed by atoms with Crippen molar-refractivity contribution in [3.05, 3.63) is 45.7 Å². The number of fused-ring (bicyclic) bond motifs is 1. The zero-order valence-electron chi connectivity index (χ0n) is 12.5. The van der Waals surface area contributed by atoms with E-state index in [1.165, 1.54) is 5.56 Å². The fourth-order valence-corrected chi connectivity index (χ4v) is 3.06. The molecule has 5 nitrogen and oxygen atoms in total. The molecule has 1 aliphatic heterocycles. The van der Waals surface area contributed by atoms with E-state index >= 15 is 0 Å². The number of aromatic amines is 1. The molecule has 0 spiro atoms. The highest BCUT2D eigenvalue weighted by atomic mass is 79.9. The number of hydrogen-bond acceptors (Lipinski definition) is 3. The molecule has 1 aliphatic rings. The maximum Gasteiger partial charge on any atom is 0.270 e. The van der Waals surface area contributed by atoms with Crippen LogP contribution in [0.4, 0.5) is 0 Å². The van der Waals surface area contributed by atoms with Crippen LogP contribution in [0.2, 0.25) is 0 Å². The Balaban J connectivity index is 1.85. The number of hydrogen-bond donors (Lipinski definition) is 1. The van der Waals surface area contributed by atoms with Crippen LogP contribution in [0.15, 0.2) is 28.9 Å². The van der Waals surface area contributed by atoms with Crippen molar-refractivity contribution in [3.8, 4) is 11.5 Å². The molecule has 116 valence electrons. The first-order valence-corrected chi connectivity index (χ1v) is 7.78. The Morgan fingerprint density at radius 3 is 2.45 bits per heavy atom. The summed E-state index contributed by atoms with van der Waals surface area (Å²) >= 11 is 3.35. The van der Waals surface area contributed by atoms with Gasteiger partial charge in [-0.2, -0.15) is 0 Å². The number of methoxy groups -OCH3 is 2. The predicted octanol–water partition coefficient (Wildman–Crippen LogP) is 2.99. The van der Waals surface area contributed by atoms with Gasteiger partial charge in [0.2, 0.25) is 0 Å². The Morgan fingerprint density at radius 2 is 1.86 bits per heavy atom. The number of halogens is 1. The molecule has 2 heterocycles. The molecule has 0 saturated carbocycles. The lowest BCUT2D eigenvalue weighted by Gasteiger charge is -2.29. The quantitative estimate of drug-likeness (QED) is 0.910. The lowest BCUT2D eigenvalue weighted by Crippen LogP contribution is -2.36. The van der Waals surface area contributed by atoms with E-state index in [-0.39, 0.29) is 5.91 Å². The van der Waals surface area contributed by atoms with E-state index in [2.05, 4.69) is 20.9 Å². The number of benzene rings is 1. The maximum atomic E-state index is 12.5. The smallest absolute Gasteiger partial charge is 0.270 e. The maximum absolute atomic E-state index is 12.5. The van der Waals surface area contributed by atoms with Gasteiger partial charge < -0.3 is 19.4 Å². The van der Waals surface area contributed by atoms with E-state index in [0.717, 1.165) is 22.2 Å². The summed E-state index contributed by atoms with van der Waals surface area (Å²) < 4.78 is 11.6. The van der Waals surface area contributed by atoms with E-state index < -0.39 is 0 Å². The van der Waals surface area contributed by atoms with Crippen molar-refractivity contribution in [2.75, 3.05) is 20.8 Å². The Kier molecular flexibility index (Phi) is 4.11. The van der Waals surface area contributed by atoms with Crippen molar-refractivity contribution in [1.29, 1.82) is 0 Å². The second-order valence-electron chi connectivity index (χ2n) is 5.18. The zero-order chi connectivity index (χ0) is 15.7. The van der Waals surface area contributed by atoms with Crippen molar-refractivity contribution < 1.29 is 14.3 Å². The van der Waals surface area contributed by atoms with Crippen LogP contribution in [0.3, 0.4) is 0 Å². The Labute approximate surface area is 137 Å². The summed E-state index contributed by atoms with van der Waals surface area (Å²) in [6.07, 6.45) is 2.57. The fraction of sp³-hybridized carbons (Fsp3) is 0.312. The second kappa shape index (κ2) is 6.04. The first kappa shape index (κ1) is 15.0. The van der Waals surface area contributed by atoms with Gasteiger partial charge in [0.1, 0.15) is 5.69 Å². The van der Waals surface area contributed by atoms with E-state index in [1.54, 1.807) is 26.5 Å². The van der Waals surface area contributed by atoms with Crippen molar-refractivity contribution >= 4 is 21.8 Å². The minimum Gasteiger partial charge on any atom is -0.493 e. The summed E-state index contributed by atoms with van der Waals surface area (Å²) in [4.78, 5) is 17.3. The molecule has 1 amide bonds. The fourth-order valence-electron chi connectivity index (χ4n) is 2.72. The number of carbonyl (C=O) groups is 1. The van der Waals surface area contributed by atoms with Crippen molar-refractivity contribution in [3.63, 3.8) is 0 Å². The number of rotatable bonds is 3. The number of ether oxygens (including phenoxy) is 2. The first-order chi connectivity index (χ1) is 10.6. The topological polar surface area (TPSA) is 54.6 Å². The molecule has 1 aromatic heterocycles. The Morgan fingerprint density at radius 1 is 1.18 bits per heavy atom. The molecule has 0 atom stereocenters. The van der Waals surface area contributed by atoms with E-state index in [1.807, 2.05) is 17.0 Å². The average molecular weight is 365 g/mol. The third-order valence-electron chi connectivity index (χ3n) is 3.88. The average Bonchev–Trinajstić information content (AvgIpc) is 2.98. The Bertz CT molecular complexity index is 711. The highest BCUT2D eigenvalue weighted by molar-refractivity contribution is 9.10. The molecule has 0 unspecified atom stereocenters. The van der Waals surface area contributed by atoms with Gasteiger partial charge in [-0.25, -0.2) is 0 Å². The van der Waals surface area contributed by atoms with E-state index in [9.17, 15) is 4.79 Å². The molecule has 22 heavy (non-hydrogen) atoms.